The number of benzene rings is 1. The van der Waals surface area contributed by atoms with Gasteiger partial charge in [-0.3, -0.25) is 20.2 Å². The number of oxime groups is 1. The largest absolute Gasteiger partial charge is 0.389 e. The van der Waals surface area contributed by atoms with Crippen molar-refractivity contribution < 1.29 is 27.7 Å². The Balaban J connectivity index is 1.57. The van der Waals surface area contributed by atoms with Gasteiger partial charge in [0, 0.05) is 12.0 Å². The van der Waals surface area contributed by atoms with Crippen LogP contribution in [0, 0.1) is 10.1 Å². The van der Waals surface area contributed by atoms with Crippen molar-refractivity contribution in [1.29, 1.82) is 0 Å². The second-order valence-corrected chi connectivity index (χ2v) is 10.3. The van der Waals surface area contributed by atoms with Crippen LogP contribution in [0.3, 0.4) is 0 Å². The lowest BCUT2D eigenvalue weighted by Crippen LogP contribution is -2.25. The first kappa shape index (κ1) is 21.3. The van der Waals surface area contributed by atoms with E-state index in [9.17, 15) is 23.3 Å². The molecule has 1 amide bonds. The lowest BCUT2D eigenvalue weighted by atomic mass is 10.1. The summed E-state index contributed by atoms with van der Waals surface area (Å²) in [7, 11) is -3.37. The summed E-state index contributed by atoms with van der Waals surface area (Å²) in [5.41, 5.74) is 0.220. The number of aromatic nitrogens is 1. The third-order valence-electron chi connectivity index (χ3n) is 4.71. The van der Waals surface area contributed by atoms with Crippen LogP contribution in [0.15, 0.2) is 40.5 Å². The molecule has 0 spiro atoms. The number of carbonyl (C=O) groups is 1. The minimum Gasteiger partial charge on any atom is -0.389 e. The molecule has 1 aromatic heterocycles. The number of ether oxygens (including phenoxy) is 1. The van der Waals surface area contributed by atoms with Crippen molar-refractivity contribution in [3.8, 4) is 0 Å². The van der Waals surface area contributed by atoms with Crippen LogP contribution in [-0.4, -0.2) is 54.5 Å². The summed E-state index contributed by atoms with van der Waals surface area (Å²) in [4.78, 5) is 32.5. The molecule has 2 aliphatic rings. The molecule has 1 atom stereocenters. The van der Waals surface area contributed by atoms with Gasteiger partial charge < -0.3 is 9.57 Å². The molecule has 2 fully saturated rings. The zero-order valence-corrected chi connectivity index (χ0v) is 17.7. The van der Waals surface area contributed by atoms with Crippen LogP contribution in [0.2, 0.25) is 0 Å². The predicted molar refractivity (Wildman–Crippen MR) is 111 cm³/mol. The molecule has 2 aromatic rings. The van der Waals surface area contributed by atoms with Crippen LogP contribution in [0.4, 0.5) is 10.1 Å². The molecule has 1 aromatic carbocycles. The molecule has 164 valence electrons. The van der Waals surface area contributed by atoms with E-state index in [-0.39, 0.29) is 32.1 Å². The molecule has 0 bridgehead atoms. The van der Waals surface area contributed by atoms with Crippen molar-refractivity contribution in [1.82, 2.24) is 4.98 Å². The number of nitro groups is 1. The minimum absolute atomic E-state index is 0.0292. The van der Waals surface area contributed by atoms with E-state index in [1.165, 1.54) is 24.3 Å². The zero-order chi connectivity index (χ0) is 22.0. The van der Waals surface area contributed by atoms with Gasteiger partial charge in [-0.05, 0) is 36.3 Å². The molecule has 1 aliphatic carbocycles. The third kappa shape index (κ3) is 4.89. The zero-order valence-electron chi connectivity index (χ0n) is 16.1. The first-order valence-corrected chi connectivity index (χ1v) is 11.8. The SMILES string of the molecule is O=C(Nc1ncc([N+](=O)[O-])s1)/C(=N/O[C@@H]1CCOC1)c1ccc(S(=O)(=O)C2CC2)cc1. The first-order valence-electron chi connectivity index (χ1n) is 9.42. The predicted octanol–water partition coefficient (Wildman–Crippen LogP) is 2.14. The van der Waals surface area contributed by atoms with Gasteiger partial charge in [0.1, 0.15) is 6.20 Å². The van der Waals surface area contributed by atoms with Crippen LogP contribution in [0.25, 0.3) is 0 Å². The molecule has 1 N–H and O–H groups in total. The highest BCUT2D eigenvalue weighted by molar-refractivity contribution is 7.92. The summed E-state index contributed by atoms with van der Waals surface area (Å²) >= 11 is 0.704. The van der Waals surface area contributed by atoms with Gasteiger partial charge in [0.25, 0.3) is 5.91 Å². The Morgan fingerprint density at radius 3 is 2.61 bits per heavy atom. The first-order chi connectivity index (χ1) is 14.8. The van der Waals surface area contributed by atoms with E-state index in [2.05, 4.69) is 15.5 Å². The van der Waals surface area contributed by atoms with E-state index < -0.39 is 20.7 Å². The Labute approximate surface area is 181 Å². The number of rotatable bonds is 8. The number of anilines is 1. The van der Waals surface area contributed by atoms with Crippen LogP contribution in [-0.2, 0) is 24.2 Å². The van der Waals surface area contributed by atoms with E-state index in [0.29, 0.717) is 49.4 Å². The summed E-state index contributed by atoms with van der Waals surface area (Å²) < 4.78 is 30.0. The number of nitrogens with one attached hydrogen (secondary N) is 1. The second-order valence-electron chi connectivity index (χ2n) is 7.01. The molecule has 0 radical (unpaired) electrons. The fourth-order valence-corrected chi connectivity index (χ4v) is 5.17. The normalized spacial score (nSPS) is 19.2. The molecule has 1 saturated carbocycles. The maximum absolute atomic E-state index is 12.8. The molecule has 2 heterocycles. The molecule has 31 heavy (non-hydrogen) atoms. The molecule has 0 unspecified atom stereocenters. The summed E-state index contributed by atoms with van der Waals surface area (Å²) in [5.74, 6) is -0.694. The summed E-state index contributed by atoms with van der Waals surface area (Å²) in [6, 6.07) is 5.82. The molecular formula is C18H18N4O7S2. The molecule has 1 saturated heterocycles. The van der Waals surface area contributed by atoms with Gasteiger partial charge in [-0.2, -0.15) is 0 Å². The van der Waals surface area contributed by atoms with Crippen LogP contribution in [0.1, 0.15) is 24.8 Å². The monoisotopic (exact) mass is 466 g/mol. The van der Waals surface area contributed by atoms with Crippen molar-refractivity contribution in [2.24, 2.45) is 5.16 Å². The smallest absolute Gasteiger partial charge is 0.345 e. The maximum Gasteiger partial charge on any atom is 0.345 e. The van der Waals surface area contributed by atoms with Crippen LogP contribution >= 0.6 is 11.3 Å². The molecule has 11 nitrogen and oxygen atoms in total. The number of thiazole rings is 1. The highest BCUT2D eigenvalue weighted by Gasteiger charge is 2.36. The summed E-state index contributed by atoms with van der Waals surface area (Å²) in [6.45, 7) is 0.869. The van der Waals surface area contributed by atoms with Gasteiger partial charge >= 0.3 is 5.00 Å². The van der Waals surface area contributed by atoms with Gasteiger partial charge in [-0.15, -0.1) is 0 Å². The average molecular weight is 466 g/mol. The lowest BCUT2D eigenvalue weighted by Gasteiger charge is -2.10. The summed E-state index contributed by atoms with van der Waals surface area (Å²) in [6.07, 6.45) is 2.65. The topological polar surface area (TPSA) is 150 Å². The van der Waals surface area contributed by atoms with Gasteiger partial charge in [-0.25, -0.2) is 13.4 Å². The van der Waals surface area contributed by atoms with Crippen molar-refractivity contribution in [2.75, 3.05) is 18.5 Å². The van der Waals surface area contributed by atoms with Crippen molar-refractivity contribution in [3.63, 3.8) is 0 Å². The fraction of sp³-hybridized carbons (Fsp3) is 0.389. The number of carbonyl (C=O) groups excluding carboxylic acids is 1. The van der Waals surface area contributed by atoms with Crippen LogP contribution < -0.4 is 5.32 Å². The summed E-state index contributed by atoms with van der Waals surface area (Å²) in [5, 5.41) is 16.7. The minimum atomic E-state index is -3.37. The van der Waals surface area contributed by atoms with E-state index in [4.69, 9.17) is 9.57 Å². The Morgan fingerprint density at radius 2 is 2.03 bits per heavy atom. The Bertz CT molecular complexity index is 1120. The number of hydrogen-bond acceptors (Lipinski definition) is 10. The molecular weight excluding hydrogens is 448 g/mol. The van der Waals surface area contributed by atoms with Crippen LogP contribution in [0.5, 0.6) is 0 Å². The standard InChI is InChI=1S/C18H18N4O7S2/c23-17(20-18-19-9-15(30-18)22(24)25)16(21-29-12-7-8-28-10-12)11-1-3-13(4-2-11)31(26,27)14-5-6-14/h1-4,9,12,14H,5-8,10H2,(H,19,20,23)/b21-16+/t12-/m1/s1. The van der Waals surface area contributed by atoms with Gasteiger partial charge in [0.05, 0.1) is 28.3 Å². The van der Waals surface area contributed by atoms with E-state index in [1.54, 1.807) is 0 Å². The fourth-order valence-electron chi connectivity index (χ4n) is 2.89. The number of sulfone groups is 1. The highest BCUT2D eigenvalue weighted by atomic mass is 32.2. The van der Waals surface area contributed by atoms with Gasteiger partial charge in [0.2, 0.25) is 0 Å². The molecule has 4 rings (SSSR count). The third-order valence-corrected chi connectivity index (χ3v) is 7.85. The van der Waals surface area contributed by atoms with Crippen molar-refractivity contribution >= 4 is 42.9 Å². The number of amides is 1. The highest BCUT2D eigenvalue weighted by Crippen LogP contribution is 2.33. The quantitative estimate of drug-likeness (QED) is 0.353. The van der Waals surface area contributed by atoms with E-state index in [1.807, 2.05) is 0 Å². The lowest BCUT2D eigenvalue weighted by molar-refractivity contribution is -0.380. The molecule has 13 heteroatoms. The average Bonchev–Trinajstić information content (AvgIpc) is 3.29. The number of hydrogen-bond donors (Lipinski definition) is 1. The Hall–Kier alpha value is -2.90. The van der Waals surface area contributed by atoms with Gasteiger partial charge in [-0.1, -0.05) is 17.3 Å². The van der Waals surface area contributed by atoms with E-state index in [0.717, 1.165) is 6.20 Å². The van der Waals surface area contributed by atoms with Gasteiger partial charge in [0.15, 0.2) is 26.8 Å². The van der Waals surface area contributed by atoms with E-state index >= 15 is 0 Å². The number of nitrogens with zero attached hydrogens (tertiary/aromatic N) is 3. The second kappa shape index (κ2) is 8.69. The maximum atomic E-state index is 12.8. The Kier molecular flexibility index (Phi) is 5.98. The van der Waals surface area contributed by atoms with Crippen molar-refractivity contribution in [2.45, 2.75) is 35.5 Å². The molecule has 1 aliphatic heterocycles. The van der Waals surface area contributed by atoms with Crippen molar-refractivity contribution in [3.05, 3.63) is 46.1 Å². The Morgan fingerprint density at radius 1 is 1.29 bits per heavy atom.